The smallest absolute Gasteiger partial charge is 0.305 e. The fourth-order valence-electron chi connectivity index (χ4n) is 1.14. The zero-order chi connectivity index (χ0) is 12.6. The van der Waals surface area contributed by atoms with Gasteiger partial charge in [0.15, 0.2) is 0 Å². The first kappa shape index (κ1) is 15.4. The third kappa shape index (κ3) is 7.65. The van der Waals surface area contributed by atoms with Gasteiger partial charge in [0.25, 0.3) is 0 Å². The van der Waals surface area contributed by atoms with E-state index in [0.29, 0.717) is 6.42 Å². The molecule has 0 aromatic carbocycles. The second kappa shape index (κ2) is 7.63. The normalized spacial score (nSPS) is 13.6. The molecule has 0 aromatic rings. The Morgan fingerprint density at radius 3 is 2.44 bits per heavy atom. The number of carbonyl (C=O) groups excluding carboxylic acids is 1. The van der Waals surface area contributed by atoms with Crippen molar-refractivity contribution in [1.29, 1.82) is 0 Å². The first-order valence-electron chi connectivity index (χ1n) is 5.94. The predicted molar refractivity (Wildman–Crippen MR) is 62.0 cm³/mol. The van der Waals surface area contributed by atoms with Crippen molar-refractivity contribution >= 4 is 5.97 Å². The Hall–Kier alpha value is -0.610. The van der Waals surface area contributed by atoms with Crippen LogP contribution in [-0.2, 0) is 9.53 Å². The summed E-state index contributed by atoms with van der Waals surface area (Å²) < 4.78 is 4.86. The highest BCUT2D eigenvalue weighted by Gasteiger charge is 2.25. The molecule has 0 amide bonds. The highest BCUT2D eigenvalue weighted by atomic mass is 16.5. The van der Waals surface area contributed by atoms with Gasteiger partial charge in [-0.2, -0.15) is 0 Å². The highest BCUT2D eigenvalue weighted by molar-refractivity contribution is 5.69. The first-order valence-corrected chi connectivity index (χ1v) is 5.94. The Balaban J connectivity index is 3.58. The Morgan fingerprint density at radius 2 is 1.94 bits per heavy atom. The molecule has 1 unspecified atom stereocenters. The van der Waals surface area contributed by atoms with Crippen LogP contribution in [0.5, 0.6) is 0 Å². The van der Waals surface area contributed by atoms with E-state index >= 15 is 0 Å². The second-order valence-corrected chi connectivity index (χ2v) is 4.66. The van der Waals surface area contributed by atoms with Crippen molar-refractivity contribution in [3.63, 3.8) is 0 Å². The Morgan fingerprint density at radius 1 is 1.31 bits per heavy atom. The molecule has 0 fully saturated rings. The van der Waals surface area contributed by atoms with Crippen molar-refractivity contribution in [3.8, 4) is 0 Å². The summed E-state index contributed by atoms with van der Waals surface area (Å²) in [6.07, 6.45) is 3.46. The number of esters is 1. The molecular formula is C12H24O4. The average molecular weight is 232 g/mol. The SMILES string of the molecule is CCCCCCC(=O)OCC(O)C(C)(C)O. The number of hydrogen-bond donors (Lipinski definition) is 2. The third-order valence-electron chi connectivity index (χ3n) is 2.45. The molecule has 0 aliphatic heterocycles. The zero-order valence-electron chi connectivity index (χ0n) is 10.5. The summed E-state index contributed by atoms with van der Waals surface area (Å²) in [7, 11) is 0. The average Bonchev–Trinajstić information content (AvgIpc) is 2.19. The van der Waals surface area contributed by atoms with Crippen LogP contribution in [0.15, 0.2) is 0 Å². The lowest BCUT2D eigenvalue weighted by atomic mass is 10.0. The van der Waals surface area contributed by atoms with Crippen LogP contribution in [0.1, 0.15) is 52.9 Å². The molecule has 0 saturated heterocycles. The van der Waals surface area contributed by atoms with E-state index in [0.717, 1.165) is 25.7 Å². The molecule has 96 valence electrons. The van der Waals surface area contributed by atoms with Crippen molar-refractivity contribution in [3.05, 3.63) is 0 Å². The Labute approximate surface area is 97.6 Å². The van der Waals surface area contributed by atoms with E-state index in [2.05, 4.69) is 6.92 Å². The fourth-order valence-corrected chi connectivity index (χ4v) is 1.14. The van der Waals surface area contributed by atoms with Gasteiger partial charge in [-0.3, -0.25) is 4.79 Å². The third-order valence-corrected chi connectivity index (χ3v) is 2.45. The van der Waals surface area contributed by atoms with Crippen molar-refractivity contribution in [2.24, 2.45) is 0 Å². The molecule has 0 aromatic heterocycles. The van der Waals surface area contributed by atoms with E-state index in [9.17, 15) is 15.0 Å². The molecule has 4 heteroatoms. The molecule has 0 bridgehead atoms. The lowest BCUT2D eigenvalue weighted by molar-refractivity contribution is -0.152. The molecular weight excluding hydrogens is 208 g/mol. The van der Waals surface area contributed by atoms with Gasteiger partial charge in [-0.1, -0.05) is 26.2 Å². The van der Waals surface area contributed by atoms with Crippen LogP contribution in [0.25, 0.3) is 0 Å². The molecule has 0 spiro atoms. The van der Waals surface area contributed by atoms with Gasteiger partial charge < -0.3 is 14.9 Å². The van der Waals surface area contributed by atoms with E-state index in [4.69, 9.17) is 4.74 Å². The number of ether oxygens (including phenoxy) is 1. The lowest BCUT2D eigenvalue weighted by Crippen LogP contribution is -2.39. The van der Waals surface area contributed by atoms with Crippen molar-refractivity contribution in [1.82, 2.24) is 0 Å². The summed E-state index contributed by atoms with van der Waals surface area (Å²) in [5.74, 6) is -0.306. The summed E-state index contributed by atoms with van der Waals surface area (Å²) in [5.41, 5.74) is -1.23. The van der Waals surface area contributed by atoms with Gasteiger partial charge in [-0.05, 0) is 20.3 Å². The van der Waals surface area contributed by atoms with Crippen LogP contribution in [-0.4, -0.2) is 34.5 Å². The van der Waals surface area contributed by atoms with Gasteiger partial charge in [-0.25, -0.2) is 0 Å². The topological polar surface area (TPSA) is 66.8 Å². The van der Waals surface area contributed by atoms with Gasteiger partial charge in [0.2, 0.25) is 0 Å². The summed E-state index contributed by atoms with van der Waals surface area (Å²) in [6, 6.07) is 0. The van der Waals surface area contributed by atoms with Crippen LogP contribution in [0.3, 0.4) is 0 Å². The van der Waals surface area contributed by atoms with Crippen LogP contribution < -0.4 is 0 Å². The van der Waals surface area contributed by atoms with Crippen LogP contribution in [0.4, 0.5) is 0 Å². The number of carbonyl (C=O) groups is 1. The Kier molecular flexibility index (Phi) is 7.34. The molecule has 16 heavy (non-hydrogen) atoms. The summed E-state index contributed by atoms with van der Waals surface area (Å²) in [6.45, 7) is 4.92. The number of aliphatic hydroxyl groups is 2. The van der Waals surface area contributed by atoms with Crippen LogP contribution in [0.2, 0.25) is 0 Å². The summed E-state index contributed by atoms with van der Waals surface area (Å²) in [5, 5.41) is 18.8. The maximum Gasteiger partial charge on any atom is 0.305 e. The number of hydrogen-bond acceptors (Lipinski definition) is 4. The maximum absolute atomic E-state index is 11.2. The standard InChI is InChI=1S/C12H24O4/c1-4-5-6-7-8-11(14)16-9-10(13)12(2,3)15/h10,13,15H,4-9H2,1-3H3. The van der Waals surface area contributed by atoms with Crippen molar-refractivity contribution in [2.45, 2.75) is 64.6 Å². The van der Waals surface area contributed by atoms with Crippen molar-refractivity contribution in [2.75, 3.05) is 6.61 Å². The number of unbranched alkanes of at least 4 members (excludes halogenated alkanes) is 3. The molecule has 0 heterocycles. The second-order valence-electron chi connectivity index (χ2n) is 4.66. The van der Waals surface area contributed by atoms with Crippen LogP contribution >= 0.6 is 0 Å². The summed E-state index contributed by atoms with van der Waals surface area (Å²) in [4.78, 5) is 11.2. The van der Waals surface area contributed by atoms with Gasteiger partial charge in [0.1, 0.15) is 12.7 Å². The van der Waals surface area contributed by atoms with Crippen molar-refractivity contribution < 1.29 is 19.7 Å². The first-order chi connectivity index (χ1) is 7.38. The number of aliphatic hydroxyl groups excluding tert-OH is 1. The molecule has 0 rings (SSSR count). The molecule has 2 N–H and O–H groups in total. The maximum atomic E-state index is 11.2. The highest BCUT2D eigenvalue weighted by Crippen LogP contribution is 2.09. The molecule has 4 nitrogen and oxygen atoms in total. The Bertz CT molecular complexity index is 196. The minimum atomic E-state index is -1.23. The molecule has 0 radical (unpaired) electrons. The number of rotatable bonds is 8. The minimum absolute atomic E-state index is 0.143. The molecule has 0 aliphatic rings. The van der Waals surface area contributed by atoms with E-state index in [1.54, 1.807) is 0 Å². The molecule has 0 aliphatic carbocycles. The molecule has 1 atom stereocenters. The van der Waals surface area contributed by atoms with Gasteiger partial charge >= 0.3 is 5.97 Å². The van der Waals surface area contributed by atoms with E-state index < -0.39 is 11.7 Å². The van der Waals surface area contributed by atoms with Crippen LogP contribution in [0, 0.1) is 0 Å². The van der Waals surface area contributed by atoms with E-state index in [1.165, 1.54) is 13.8 Å². The summed E-state index contributed by atoms with van der Waals surface area (Å²) >= 11 is 0. The van der Waals surface area contributed by atoms with Gasteiger partial charge in [0, 0.05) is 6.42 Å². The van der Waals surface area contributed by atoms with Gasteiger partial charge in [0.05, 0.1) is 5.60 Å². The predicted octanol–water partition coefficient (Wildman–Crippen LogP) is 1.63. The monoisotopic (exact) mass is 232 g/mol. The van der Waals surface area contributed by atoms with Gasteiger partial charge in [-0.15, -0.1) is 0 Å². The fraction of sp³-hybridized carbons (Fsp3) is 0.917. The van der Waals surface area contributed by atoms with E-state index in [-0.39, 0.29) is 12.6 Å². The zero-order valence-corrected chi connectivity index (χ0v) is 10.5. The van der Waals surface area contributed by atoms with E-state index in [1.807, 2.05) is 0 Å². The quantitative estimate of drug-likeness (QED) is 0.493. The largest absolute Gasteiger partial charge is 0.463 e. The lowest BCUT2D eigenvalue weighted by Gasteiger charge is -2.23. The molecule has 0 saturated carbocycles. The minimum Gasteiger partial charge on any atom is -0.463 e.